The van der Waals surface area contributed by atoms with E-state index in [4.69, 9.17) is 11.6 Å². The summed E-state index contributed by atoms with van der Waals surface area (Å²) in [5.74, 6) is 1.80. The Labute approximate surface area is 194 Å². The van der Waals surface area contributed by atoms with E-state index >= 15 is 0 Å². The molecule has 3 aromatic rings. The SMILES string of the molecule is CN=C(NCCc1ccccc1Cl)NCc1cccc(Cn2ccnc2C)c1.I. The summed E-state index contributed by atoms with van der Waals surface area (Å²) < 4.78 is 2.14. The van der Waals surface area contributed by atoms with Crippen LogP contribution in [0, 0.1) is 6.92 Å². The van der Waals surface area contributed by atoms with Gasteiger partial charge in [-0.05, 0) is 36.1 Å². The van der Waals surface area contributed by atoms with Crippen molar-refractivity contribution in [1.29, 1.82) is 0 Å². The highest BCUT2D eigenvalue weighted by Crippen LogP contribution is 2.14. The zero-order valence-corrected chi connectivity index (χ0v) is 19.8. The van der Waals surface area contributed by atoms with Gasteiger partial charge < -0.3 is 15.2 Å². The molecule has 0 aliphatic rings. The summed E-state index contributed by atoms with van der Waals surface area (Å²) in [7, 11) is 1.78. The zero-order chi connectivity index (χ0) is 19.8. The predicted octanol–water partition coefficient (Wildman–Crippen LogP) is 4.42. The number of nitrogens with one attached hydrogen (secondary N) is 2. The Kier molecular flexibility index (Phi) is 9.47. The highest BCUT2D eigenvalue weighted by Gasteiger charge is 2.03. The topological polar surface area (TPSA) is 54.2 Å². The molecule has 0 amide bonds. The monoisotopic (exact) mass is 523 g/mol. The molecule has 29 heavy (non-hydrogen) atoms. The Morgan fingerprint density at radius 1 is 1.10 bits per heavy atom. The Morgan fingerprint density at radius 2 is 1.90 bits per heavy atom. The lowest BCUT2D eigenvalue weighted by molar-refractivity contribution is 0.757. The van der Waals surface area contributed by atoms with Crippen molar-refractivity contribution in [3.8, 4) is 0 Å². The second-order valence-corrected chi connectivity index (χ2v) is 7.02. The van der Waals surface area contributed by atoms with Crippen molar-refractivity contribution in [2.75, 3.05) is 13.6 Å². The molecular weight excluding hydrogens is 497 g/mol. The van der Waals surface area contributed by atoms with Crippen LogP contribution < -0.4 is 10.6 Å². The smallest absolute Gasteiger partial charge is 0.191 e. The fourth-order valence-corrected chi connectivity index (χ4v) is 3.26. The molecule has 2 aromatic carbocycles. The van der Waals surface area contributed by atoms with E-state index in [0.29, 0.717) is 6.54 Å². The molecule has 0 saturated heterocycles. The van der Waals surface area contributed by atoms with Crippen molar-refractivity contribution in [2.45, 2.75) is 26.4 Å². The summed E-state index contributed by atoms with van der Waals surface area (Å²) in [4.78, 5) is 8.58. The van der Waals surface area contributed by atoms with E-state index in [9.17, 15) is 0 Å². The van der Waals surface area contributed by atoms with E-state index in [1.54, 1.807) is 7.05 Å². The van der Waals surface area contributed by atoms with E-state index in [1.807, 2.05) is 43.6 Å². The number of aryl methyl sites for hydroxylation is 1. The highest BCUT2D eigenvalue weighted by atomic mass is 127. The molecule has 5 nitrogen and oxygen atoms in total. The van der Waals surface area contributed by atoms with Gasteiger partial charge in [-0.15, -0.1) is 24.0 Å². The molecule has 0 atom stereocenters. The van der Waals surface area contributed by atoms with E-state index in [0.717, 1.165) is 41.9 Å². The van der Waals surface area contributed by atoms with Crippen molar-refractivity contribution < 1.29 is 0 Å². The predicted molar refractivity (Wildman–Crippen MR) is 131 cm³/mol. The summed E-state index contributed by atoms with van der Waals surface area (Å²) in [6, 6.07) is 16.5. The fraction of sp³-hybridized carbons (Fsp3) is 0.273. The van der Waals surface area contributed by atoms with Crippen LogP contribution in [0.15, 0.2) is 65.9 Å². The van der Waals surface area contributed by atoms with E-state index in [-0.39, 0.29) is 24.0 Å². The van der Waals surface area contributed by atoms with Crippen LogP contribution in [0.1, 0.15) is 22.5 Å². The minimum atomic E-state index is 0. The van der Waals surface area contributed by atoms with Gasteiger partial charge in [0.1, 0.15) is 5.82 Å². The molecule has 3 rings (SSSR count). The van der Waals surface area contributed by atoms with Gasteiger partial charge in [-0.2, -0.15) is 0 Å². The third-order valence-electron chi connectivity index (χ3n) is 4.60. The largest absolute Gasteiger partial charge is 0.356 e. The first-order chi connectivity index (χ1) is 13.7. The first-order valence-electron chi connectivity index (χ1n) is 9.39. The molecular formula is C22H27ClIN5. The molecule has 0 fully saturated rings. The van der Waals surface area contributed by atoms with Crippen molar-refractivity contribution in [3.63, 3.8) is 0 Å². The van der Waals surface area contributed by atoms with Gasteiger partial charge in [0.2, 0.25) is 0 Å². The average Bonchev–Trinajstić information content (AvgIpc) is 3.10. The number of halogens is 2. The number of hydrogen-bond acceptors (Lipinski definition) is 2. The van der Waals surface area contributed by atoms with Gasteiger partial charge in [-0.3, -0.25) is 4.99 Å². The van der Waals surface area contributed by atoms with Crippen LogP contribution in [0.25, 0.3) is 0 Å². The number of aliphatic imine (C=N–C) groups is 1. The molecule has 1 aromatic heterocycles. The molecule has 7 heteroatoms. The van der Waals surface area contributed by atoms with Crippen molar-refractivity contribution in [3.05, 3.63) is 88.5 Å². The number of imidazole rings is 1. The van der Waals surface area contributed by atoms with Crippen LogP contribution in [0.2, 0.25) is 5.02 Å². The number of aromatic nitrogens is 2. The van der Waals surface area contributed by atoms with Gasteiger partial charge in [0, 0.05) is 44.1 Å². The lowest BCUT2D eigenvalue weighted by Gasteiger charge is -2.13. The van der Waals surface area contributed by atoms with Crippen molar-refractivity contribution in [2.24, 2.45) is 4.99 Å². The molecule has 0 spiro atoms. The van der Waals surface area contributed by atoms with Crippen LogP contribution >= 0.6 is 35.6 Å². The summed E-state index contributed by atoms with van der Waals surface area (Å²) in [5.41, 5.74) is 3.60. The molecule has 0 aliphatic carbocycles. The minimum absolute atomic E-state index is 0. The quantitative estimate of drug-likeness (QED) is 0.274. The number of hydrogen-bond donors (Lipinski definition) is 2. The maximum atomic E-state index is 6.21. The second kappa shape index (κ2) is 11.8. The third kappa shape index (κ3) is 7.04. The molecule has 0 aliphatic heterocycles. The van der Waals surface area contributed by atoms with Gasteiger partial charge in [0.25, 0.3) is 0 Å². The summed E-state index contributed by atoms with van der Waals surface area (Å²) in [5, 5.41) is 7.52. The molecule has 0 bridgehead atoms. The standard InChI is InChI=1S/C22H26ClN5.HI/c1-17-25-12-13-28(17)16-19-7-5-6-18(14-19)15-27-22(24-2)26-11-10-20-8-3-4-9-21(20)23;/h3-9,12-14H,10-11,15-16H2,1-2H3,(H2,24,26,27);1H. The first-order valence-corrected chi connectivity index (χ1v) is 9.77. The lowest BCUT2D eigenvalue weighted by atomic mass is 10.1. The second-order valence-electron chi connectivity index (χ2n) is 6.62. The number of nitrogens with zero attached hydrogens (tertiary/aromatic N) is 3. The van der Waals surface area contributed by atoms with Crippen LogP contribution in [-0.4, -0.2) is 29.1 Å². The molecule has 1 heterocycles. The van der Waals surface area contributed by atoms with E-state index in [2.05, 4.69) is 49.4 Å². The molecule has 154 valence electrons. The van der Waals surface area contributed by atoms with Crippen molar-refractivity contribution >= 4 is 41.5 Å². The normalized spacial score (nSPS) is 11.1. The first kappa shape index (κ1) is 23.2. The van der Waals surface area contributed by atoms with E-state index < -0.39 is 0 Å². The molecule has 0 radical (unpaired) electrons. The molecule has 0 saturated carbocycles. The minimum Gasteiger partial charge on any atom is -0.356 e. The Morgan fingerprint density at radius 3 is 2.62 bits per heavy atom. The van der Waals surface area contributed by atoms with Gasteiger partial charge in [-0.1, -0.05) is 54.1 Å². The Balaban J connectivity index is 0.00000300. The number of rotatable bonds is 7. The van der Waals surface area contributed by atoms with Crippen LogP contribution in [0.5, 0.6) is 0 Å². The maximum absolute atomic E-state index is 6.21. The maximum Gasteiger partial charge on any atom is 0.191 e. The summed E-state index contributed by atoms with van der Waals surface area (Å²) >= 11 is 6.21. The summed E-state index contributed by atoms with van der Waals surface area (Å²) in [6.45, 7) is 4.32. The van der Waals surface area contributed by atoms with Crippen molar-refractivity contribution in [1.82, 2.24) is 20.2 Å². The Hall–Kier alpha value is -2.06. The van der Waals surface area contributed by atoms with Crippen LogP contribution in [0.4, 0.5) is 0 Å². The van der Waals surface area contributed by atoms with Crippen LogP contribution in [-0.2, 0) is 19.5 Å². The number of guanidine groups is 1. The third-order valence-corrected chi connectivity index (χ3v) is 4.96. The van der Waals surface area contributed by atoms with Gasteiger partial charge >= 0.3 is 0 Å². The van der Waals surface area contributed by atoms with Gasteiger partial charge in [0.15, 0.2) is 5.96 Å². The average molecular weight is 524 g/mol. The lowest BCUT2D eigenvalue weighted by Crippen LogP contribution is -2.37. The Bertz CT molecular complexity index is 938. The summed E-state index contributed by atoms with van der Waals surface area (Å²) in [6.07, 6.45) is 4.68. The van der Waals surface area contributed by atoms with Gasteiger partial charge in [-0.25, -0.2) is 4.98 Å². The molecule has 0 unspecified atom stereocenters. The van der Waals surface area contributed by atoms with E-state index in [1.165, 1.54) is 11.1 Å². The highest BCUT2D eigenvalue weighted by molar-refractivity contribution is 14.0. The fourth-order valence-electron chi connectivity index (χ4n) is 3.03. The molecule has 2 N–H and O–H groups in total. The number of benzene rings is 2. The van der Waals surface area contributed by atoms with Gasteiger partial charge in [0.05, 0.1) is 0 Å². The van der Waals surface area contributed by atoms with Crippen LogP contribution in [0.3, 0.4) is 0 Å². The zero-order valence-electron chi connectivity index (χ0n) is 16.7.